The van der Waals surface area contributed by atoms with E-state index in [0.717, 1.165) is 24.3 Å². The zero-order valence-corrected chi connectivity index (χ0v) is 13.7. The Bertz CT molecular complexity index is 587. The van der Waals surface area contributed by atoms with Crippen LogP contribution in [0.5, 0.6) is 5.75 Å². The molecule has 0 amide bonds. The number of rotatable bonds is 7. The van der Waals surface area contributed by atoms with E-state index in [1.165, 1.54) is 11.1 Å². The molecule has 0 aliphatic heterocycles. The third-order valence-electron chi connectivity index (χ3n) is 3.71. The molecular weight excluding hydrogens is 270 g/mol. The van der Waals surface area contributed by atoms with E-state index >= 15 is 0 Å². The predicted octanol–water partition coefficient (Wildman–Crippen LogP) is 5.59. The average molecular weight is 295 g/mol. The van der Waals surface area contributed by atoms with Gasteiger partial charge in [-0.3, -0.25) is 0 Å². The zero-order chi connectivity index (χ0) is 15.8. The zero-order valence-electron chi connectivity index (χ0n) is 13.7. The highest BCUT2D eigenvalue weighted by molar-refractivity contribution is 5.48. The van der Waals surface area contributed by atoms with E-state index in [4.69, 9.17) is 4.74 Å². The first-order chi connectivity index (χ1) is 10.7. The second-order valence-electron chi connectivity index (χ2n) is 5.50. The fourth-order valence-electron chi connectivity index (χ4n) is 2.58. The fraction of sp³-hybridized carbons (Fsp3) is 0.300. The van der Waals surface area contributed by atoms with Gasteiger partial charge in [0, 0.05) is 5.69 Å². The van der Waals surface area contributed by atoms with Crippen molar-refractivity contribution in [3.63, 3.8) is 0 Å². The molecular formula is C20H25NO. The molecule has 116 valence electrons. The minimum atomic E-state index is 0.275. The Labute approximate surface area is 133 Å². The van der Waals surface area contributed by atoms with Gasteiger partial charge in [-0.2, -0.15) is 0 Å². The molecule has 1 atom stereocenters. The van der Waals surface area contributed by atoms with Crippen molar-refractivity contribution in [2.24, 2.45) is 0 Å². The maximum Gasteiger partial charge on any atom is 0.119 e. The number of hydrogen-bond acceptors (Lipinski definition) is 2. The molecule has 0 saturated carbocycles. The van der Waals surface area contributed by atoms with Crippen molar-refractivity contribution in [2.75, 3.05) is 12.4 Å². The van der Waals surface area contributed by atoms with Gasteiger partial charge in [0.1, 0.15) is 5.75 Å². The van der Waals surface area contributed by atoms with Crippen LogP contribution in [-0.4, -0.2) is 7.11 Å². The molecule has 2 rings (SSSR count). The van der Waals surface area contributed by atoms with Crippen molar-refractivity contribution < 1.29 is 4.74 Å². The van der Waals surface area contributed by atoms with Gasteiger partial charge in [0.25, 0.3) is 0 Å². The number of anilines is 1. The molecule has 2 nitrogen and oxygen atoms in total. The Kier molecular flexibility index (Phi) is 6.08. The molecule has 1 unspecified atom stereocenters. The molecule has 0 aliphatic carbocycles. The van der Waals surface area contributed by atoms with Gasteiger partial charge in [0.05, 0.1) is 13.2 Å². The molecule has 0 fully saturated rings. The summed E-state index contributed by atoms with van der Waals surface area (Å²) in [6.45, 7) is 4.38. The summed E-state index contributed by atoms with van der Waals surface area (Å²) in [5.74, 6) is 0.879. The number of ether oxygens (including phenoxy) is 1. The van der Waals surface area contributed by atoms with Crippen LogP contribution in [0.25, 0.3) is 0 Å². The van der Waals surface area contributed by atoms with Crippen LogP contribution in [-0.2, 0) is 0 Å². The Morgan fingerprint density at radius 2 is 1.77 bits per heavy atom. The van der Waals surface area contributed by atoms with E-state index in [2.05, 4.69) is 67.7 Å². The summed E-state index contributed by atoms with van der Waals surface area (Å²) in [6.07, 6.45) is 4.38. The molecule has 0 spiro atoms. The minimum Gasteiger partial charge on any atom is -0.497 e. The summed E-state index contributed by atoms with van der Waals surface area (Å²) in [5, 5.41) is 3.64. The maximum absolute atomic E-state index is 5.22. The van der Waals surface area contributed by atoms with Crippen molar-refractivity contribution in [3.8, 4) is 5.75 Å². The molecule has 2 aromatic carbocycles. The van der Waals surface area contributed by atoms with Gasteiger partial charge in [-0.05, 0) is 49.6 Å². The third kappa shape index (κ3) is 4.66. The highest BCUT2D eigenvalue weighted by Crippen LogP contribution is 2.27. The number of allylic oxidation sites excluding steroid dienone is 1. The molecule has 22 heavy (non-hydrogen) atoms. The Morgan fingerprint density at radius 3 is 2.36 bits per heavy atom. The van der Waals surface area contributed by atoms with Crippen molar-refractivity contribution in [2.45, 2.75) is 32.7 Å². The second kappa shape index (κ2) is 8.28. The van der Waals surface area contributed by atoms with Crippen LogP contribution in [0.15, 0.2) is 66.2 Å². The minimum absolute atomic E-state index is 0.275. The van der Waals surface area contributed by atoms with E-state index in [1.54, 1.807) is 7.11 Å². The number of benzene rings is 2. The Balaban J connectivity index is 2.18. The van der Waals surface area contributed by atoms with Crippen LogP contribution in [0, 0.1) is 0 Å². The van der Waals surface area contributed by atoms with Crippen LogP contribution in [0.3, 0.4) is 0 Å². The van der Waals surface area contributed by atoms with E-state index in [9.17, 15) is 0 Å². The average Bonchev–Trinajstić information content (AvgIpc) is 2.56. The summed E-state index contributed by atoms with van der Waals surface area (Å²) in [4.78, 5) is 0. The molecule has 0 heterocycles. The molecule has 1 N–H and O–H groups in total. The summed E-state index contributed by atoms with van der Waals surface area (Å²) >= 11 is 0. The summed E-state index contributed by atoms with van der Waals surface area (Å²) < 4.78 is 5.22. The lowest BCUT2D eigenvalue weighted by Gasteiger charge is -2.21. The van der Waals surface area contributed by atoms with Gasteiger partial charge in [-0.1, -0.05) is 48.9 Å². The Morgan fingerprint density at radius 1 is 1.09 bits per heavy atom. The van der Waals surface area contributed by atoms with E-state index < -0.39 is 0 Å². The first kappa shape index (κ1) is 16.2. The van der Waals surface area contributed by atoms with Crippen LogP contribution < -0.4 is 10.1 Å². The molecule has 0 aromatic heterocycles. The van der Waals surface area contributed by atoms with Crippen LogP contribution in [0.1, 0.15) is 38.3 Å². The predicted molar refractivity (Wildman–Crippen MR) is 94.5 cm³/mol. The normalized spacial score (nSPS) is 12.8. The molecule has 2 heteroatoms. The highest BCUT2D eigenvalue weighted by Gasteiger charge is 2.11. The first-order valence-corrected chi connectivity index (χ1v) is 7.84. The monoisotopic (exact) mass is 295 g/mol. The van der Waals surface area contributed by atoms with Gasteiger partial charge in [-0.25, -0.2) is 0 Å². The number of nitrogens with one attached hydrogen (secondary N) is 1. The topological polar surface area (TPSA) is 21.3 Å². The smallest absolute Gasteiger partial charge is 0.119 e. The first-order valence-electron chi connectivity index (χ1n) is 7.84. The van der Waals surface area contributed by atoms with E-state index in [1.807, 2.05) is 12.1 Å². The molecule has 0 aliphatic rings. The SMILES string of the molecule is CC/C=C(\C)CC(Nc1ccc(OC)cc1)c1ccccc1. The molecule has 0 bridgehead atoms. The van der Waals surface area contributed by atoms with Crippen molar-refractivity contribution in [3.05, 3.63) is 71.8 Å². The van der Waals surface area contributed by atoms with Gasteiger partial charge >= 0.3 is 0 Å². The van der Waals surface area contributed by atoms with Gasteiger partial charge < -0.3 is 10.1 Å². The highest BCUT2D eigenvalue weighted by atomic mass is 16.5. The summed E-state index contributed by atoms with van der Waals surface area (Å²) in [5.41, 5.74) is 3.83. The van der Waals surface area contributed by atoms with Crippen molar-refractivity contribution in [1.29, 1.82) is 0 Å². The van der Waals surface area contributed by atoms with Crippen molar-refractivity contribution in [1.82, 2.24) is 0 Å². The second-order valence-corrected chi connectivity index (χ2v) is 5.50. The molecule has 0 saturated heterocycles. The largest absolute Gasteiger partial charge is 0.497 e. The lowest BCUT2D eigenvalue weighted by molar-refractivity contribution is 0.415. The lowest BCUT2D eigenvalue weighted by Crippen LogP contribution is -2.11. The summed E-state index contributed by atoms with van der Waals surface area (Å²) in [7, 11) is 1.69. The third-order valence-corrected chi connectivity index (χ3v) is 3.71. The van der Waals surface area contributed by atoms with Crippen LogP contribution in [0.4, 0.5) is 5.69 Å². The fourth-order valence-corrected chi connectivity index (χ4v) is 2.58. The van der Waals surface area contributed by atoms with Gasteiger partial charge in [0.2, 0.25) is 0 Å². The lowest BCUT2D eigenvalue weighted by atomic mass is 9.98. The standard InChI is InChI=1S/C20H25NO/c1-4-8-16(2)15-20(17-9-6-5-7-10-17)21-18-11-13-19(22-3)14-12-18/h5-14,20-21H,4,15H2,1-3H3/b16-8+. The number of methoxy groups -OCH3 is 1. The van der Waals surface area contributed by atoms with E-state index in [-0.39, 0.29) is 6.04 Å². The molecule has 2 aromatic rings. The summed E-state index contributed by atoms with van der Waals surface area (Å²) in [6, 6.07) is 19.0. The maximum atomic E-state index is 5.22. The molecule has 0 radical (unpaired) electrons. The van der Waals surface area contributed by atoms with Crippen LogP contribution >= 0.6 is 0 Å². The van der Waals surface area contributed by atoms with Gasteiger partial charge in [-0.15, -0.1) is 0 Å². The van der Waals surface area contributed by atoms with Gasteiger partial charge in [0.15, 0.2) is 0 Å². The van der Waals surface area contributed by atoms with E-state index in [0.29, 0.717) is 0 Å². The van der Waals surface area contributed by atoms with Crippen molar-refractivity contribution >= 4 is 5.69 Å². The van der Waals surface area contributed by atoms with Crippen LogP contribution in [0.2, 0.25) is 0 Å². The number of hydrogen-bond donors (Lipinski definition) is 1. The quantitative estimate of drug-likeness (QED) is 0.672. The Hall–Kier alpha value is -2.22.